The van der Waals surface area contributed by atoms with Crippen molar-refractivity contribution in [1.29, 1.82) is 0 Å². The van der Waals surface area contributed by atoms with E-state index in [1.165, 1.54) is 4.88 Å². The van der Waals surface area contributed by atoms with Gasteiger partial charge in [-0.25, -0.2) is 4.79 Å². The second-order valence-corrected chi connectivity index (χ2v) is 5.78. The smallest absolute Gasteiger partial charge is 0.328 e. The van der Waals surface area contributed by atoms with Crippen LogP contribution in [0.3, 0.4) is 0 Å². The molecule has 1 unspecified atom stereocenters. The number of carbonyl (C=O) groups is 1. The van der Waals surface area contributed by atoms with E-state index in [1.54, 1.807) is 31.6 Å². The van der Waals surface area contributed by atoms with Crippen molar-refractivity contribution in [3.63, 3.8) is 0 Å². The Morgan fingerprint density at radius 2 is 2.24 bits per heavy atom. The van der Waals surface area contributed by atoms with Crippen LogP contribution in [0.1, 0.15) is 17.4 Å². The lowest BCUT2D eigenvalue weighted by Gasteiger charge is -2.27. The Balaban J connectivity index is 2.67. The number of carboxylic acid groups (broad SMARTS) is 1. The van der Waals surface area contributed by atoms with Crippen molar-refractivity contribution in [2.75, 3.05) is 34.0 Å². The maximum absolute atomic E-state index is 10.5. The third kappa shape index (κ3) is 6.86. The highest BCUT2D eigenvalue weighted by Crippen LogP contribution is 2.19. The first-order valence-corrected chi connectivity index (χ1v) is 7.65. The van der Waals surface area contributed by atoms with Crippen LogP contribution in [0.4, 0.5) is 0 Å². The van der Waals surface area contributed by atoms with Crippen LogP contribution in [0.5, 0.6) is 0 Å². The molecule has 0 spiro atoms. The van der Waals surface area contributed by atoms with Gasteiger partial charge in [-0.05, 0) is 30.0 Å². The van der Waals surface area contributed by atoms with Gasteiger partial charge < -0.3 is 14.6 Å². The number of nitrogens with zero attached hydrogens (tertiary/aromatic N) is 1. The first-order chi connectivity index (χ1) is 10.1. The van der Waals surface area contributed by atoms with Crippen molar-refractivity contribution >= 4 is 23.4 Å². The largest absolute Gasteiger partial charge is 0.478 e. The fraction of sp³-hybridized carbons (Fsp3) is 0.533. The molecule has 6 heteroatoms. The molecular weight excluding hydrogens is 290 g/mol. The molecule has 1 N–H and O–H groups in total. The zero-order valence-corrected chi connectivity index (χ0v) is 13.6. The van der Waals surface area contributed by atoms with Gasteiger partial charge in [0.1, 0.15) is 0 Å². The molecule has 1 aromatic rings. The maximum Gasteiger partial charge on any atom is 0.328 e. The van der Waals surface area contributed by atoms with Crippen molar-refractivity contribution in [2.24, 2.45) is 0 Å². The number of carboxylic acids is 1. The van der Waals surface area contributed by atoms with Gasteiger partial charge in [0, 0.05) is 44.3 Å². The number of hydrogen-bond donors (Lipinski definition) is 1. The SMILES string of the molecule is COCCN(Cc1cc(C=CC(=O)O)cs1)C(C)COC. The van der Waals surface area contributed by atoms with E-state index in [-0.39, 0.29) is 0 Å². The van der Waals surface area contributed by atoms with Gasteiger partial charge in [0.25, 0.3) is 0 Å². The van der Waals surface area contributed by atoms with Crippen LogP contribution in [0, 0.1) is 0 Å². The van der Waals surface area contributed by atoms with Gasteiger partial charge in [-0.2, -0.15) is 0 Å². The molecule has 5 nitrogen and oxygen atoms in total. The topological polar surface area (TPSA) is 59.0 Å². The molecule has 0 amide bonds. The van der Waals surface area contributed by atoms with Crippen LogP contribution >= 0.6 is 11.3 Å². The van der Waals surface area contributed by atoms with E-state index >= 15 is 0 Å². The molecule has 0 bridgehead atoms. The molecule has 21 heavy (non-hydrogen) atoms. The fourth-order valence-electron chi connectivity index (χ4n) is 1.95. The molecule has 0 aromatic carbocycles. The van der Waals surface area contributed by atoms with Gasteiger partial charge >= 0.3 is 5.97 Å². The first kappa shape index (κ1) is 17.8. The monoisotopic (exact) mass is 313 g/mol. The highest BCUT2D eigenvalue weighted by atomic mass is 32.1. The Bertz CT molecular complexity index is 458. The summed E-state index contributed by atoms with van der Waals surface area (Å²) in [6, 6.07) is 2.31. The zero-order chi connectivity index (χ0) is 15.7. The summed E-state index contributed by atoms with van der Waals surface area (Å²) < 4.78 is 10.4. The highest BCUT2D eigenvalue weighted by molar-refractivity contribution is 7.10. The summed E-state index contributed by atoms with van der Waals surface area (Å²) in [5, 5.41) is 10.6. The molecule has 0 fully saturated rings. The first-order valence-electron chi connectivity index (χ1n) is 6.77. The lowest BCUT2D eigenvalue weighted by Crippen LogP contribution is -2.37. The van der Waals surface area contributed by atoms with E-state index in [0.29, 0.717) is 19.3 Å². The quantitative estimate of drug-likeness (QED) is 0.672. The number of ether oxygens (including phenoxy) is 2. The lowest BCUT2D eigenvalue weighted by molar-refractivity contribution is -0.131. The maximum atomic E-state index is 10.5. The second-order valence-electron chi connectivity index (χ2n) is 4.79. The Morgan fingerprint density at radius 1 is 1.48 bits per heavy atom. The standard InChI is InChI=1S/C15H23NO4S/c1-12(10-20-3)16(6-7-19-2)9-14-8-13(11-21-14)4-5-15(17)18/h4-5,8,11-12H,6-7,9-10H2,1-3H3,(H,17,18). The number of rotatable bonds is 10. The van der Waals surface area contributed by atoms with Crippen molar-refractivity contribution in [3.8, 4) is 0 Å². The van der Waals surface area contributed by atoms with E-state index in [2.05, 4.69) is 11.8 Å². The van der Waals surface area contributed by atoms with Crippen LogP contribution < -0.4 is 0 Å². The Morgan fingerprint density at radius 3 is 2.86 bits per heavy atom. The predicted molar refractivity (Wildman–Crippen MR) is 84.6 cm³/mol. The number of thiophene rings is 1. The number of hydrogen-bond acceptors (Lipinski definition) is 5. The van der Waals surface area contributed by atoms with Gasteiger partial charge in [0.15, 0.2) is 0 Å². The molecule has 0 saturated carbocycles. The minimum atomic E-state index is -0.932. The van der Waals surface area contributed by atoms with Gasteiger partial charge in [0.05, 0.1) is 13.2 Å². The minimum Gasteiger partial charge on any atom is -0.478 e. The van der Waals surface area contributed by atoms with Crippen LogP contribution in [0.25, 0.3) is 6.08 Å². The zero-order valence-electron chi connectivity index (χ0n) is 12.7. The van der Waals surface area contributed by atoms with Gasteiger partial charge in [-0.15, -0.1) is 11.3 Å². The third-order valence-electron chi connectivity index (χ3n) is 3.07. The summed E-state index contributed by atoms with van der Waals surface area (Å²) >= 11 is 1.63. The molecule has 0 saturated heterocycles. The normalized spacial score (nSPS) is 13.1. The van der Waals surface area contributed by atoms with Gasteiger partial charge in [-0.1, -0.05) is 0 Å². The lowest BCUT2D eigenvalue weighted by atomic mass is 10.2. The van der Waals surface area contributed by atoms with Crippen molar-refractivity contribution in [3.05, 3.63) is 28.0 Å². The molecule has 1 atom stereocenters. The van der Waals surface area contributed by atoms with Gasteiger partial charge in [0.2, 0.25) is 0 Å². The minimum absolute atomic E-state index is 0.297. The second kappa shape index (κ2) is 9.68. The molecule has 118 valence electrons. The molecule has 1 aromatic heterocycles. The van der Waals surface area contributed by atoms with E-state index in [1.807, 2.05) is 11.4 Å². The molecule has 1 rings (SSSR count). The Kier molecular flexibility index (Phi) is 8.22. The van der Waals surface area contributed by atoms with Crippen LogP contribution in [0.15, 0.2) is 17.5 Å². The van der Waals surface area contributed by atoms with Crippen LogP contribution in [0.2, 0.25) is 0 Å². The summed E-state index contributed by atoms with van der Waals surface area (Å²) in [5.74, 6) is -0.932. The van der Waals surface area contributed by atoms with Crippen LogP contribution in [-0.4, -0.2) is 56.0 Å². The van der Waals surface area contributed by atoms with Crippen molar-refractivity contribution in [2.45, 2.75) is 19.5 Å². The van der Waals surface area contributed by atoms with E-state index in [4.69, 9.17) is 14.6 Å². The van der Waals surface area contributed by atoms with Gasteiger partial charge in [-0.3, -0.25) is 4.90 Å². The van der Waals surface area contributed by atoms with Crippen LogP contribution in [-0.2, 0) is 20.8 Å². The summed E-state index contributed by atoms with van der Waals surface area (Å²) in [4.78, 5) is 14.0. The van der Waals surface area contributed by atoms with Crippen molar-refractivity contribution < 1.29 is 19.4 Å². The van der Waals surface area contributed by atoms with E-state index < -0.39 is 5.97 Å². The summed E-state index contributed by atoms with van der Waals surface area (Å²) in [5.41, 5.74) is 0.920. The molecule has 0 aliphatic carbocycles. The highest BCUT2D eigenvalue weighted by Gasteiger charge is 2.14. The van der Waals surface area contributed by atoms with E-state index in [9.17, 15) is 4.79 Å². The Hall–Kier alpha value is -1.21. The molecular formula is C15H23NO4S. The molecule has 0 aliphatic rings. The number of aliphatic carboxylic acids is 1. The van der Waals surface area contributed by atoms with Crippen molar-refractivity contribution in [1.82, 2.24) is 4.90 Å². The Labute approximate surface area is 129 Å². The summed E-state index contributed by atoms with van der Waals surface area (Å²) in [6.07, 6.45) is 2.77. The summed E-state index contributed by atoms with van der Waals surface area (Å²) in [6.45, 7) is 5.10. The molecule has 1 heterocycles. The average Bonchev–Trinajstić information content (AvgIpc) is 2.89. The molecule has 0 radical (unpaired) electrons. The molecule has 0 aliphatic heterocycles. The summed E-state index contributed by atoms with van der Waals surface area (Å²) in [7, 11) is 3.39. The third-order valence-corrected chi connectivity index (χ3v) is 4.00. The predicted octanol–water partition coefficient (Wildman–Crippen LogP) is 2.33. The average molecular weight is 313 g/mol. The van der Waals surface area contributed by atoms with E-state index in [0.717, 1.165) is 24.7 Å². The fourth-order valence-corrected chi connectivity index (χ4v) is 2.82. The number of methoxy groups -OCH3 is 2.